The highest BCUT2D eigenvalue weighted by Crippen LogP contribution is 2.39. The van der Waals surface area contributed by atoms with Crippen molar-refractivity contribution in [1.82, 2.24) is 4.98 Å². The second-order valence-electron chi connectivity index (χ2n) is 7.65. The first-order chi connectivity index (χ1) is 12.9. The molecule has 0 spiro atoms. The van der Waals surface area contributed by atoms with E-state index in [1.165, 1.54) is 5.56 Å². The average molecular weight is 441 g/mol. The van der Waals surface area contributed by atoms with E-state index in [1.54, 1.807) is 12.4 Å². The molecule has 0 fully saturated rings. The van der Waals surface area contributed by atoms with Crippen molar-refractivity contribution in [2.45, 2.75) is 26.2 Å². The van der Waals surface area contributed by atoms with Crippen molar-refractivity contribution in [3.8, 4) is 11.1 Å². The number of aromatic nitrogens is 1. The Hall–Kier alpha value is -1.97. The molecule has 1 aliphatic carbocycles. The van der Waals surface area contributed by atoms with Gasteiger partial charge in [-0.2, -0.15) is 0 Å². The van der Waals surface area contributed by atoms with E-state index in [1.807, 2.05) is 12.1 Å². The Bertz CT molecular complexity index is 1020. The van der Waals surface area contributed by atoms with Gasteiger partial charge in [0.1, 0.15) is 0 Å². The number of nitrogens with zero attached hydrogens (tertiary/aromatic N) is 1. The zero-order valence-electron chi connectivity index (χ0n) is 15.0. The molecule has 0 saturated carbocycles. The zero-order valence-corrected chi connectivity index (χ0v) is 17.3. The molecule has 4 heteroatoms. The molecule has 27 heavy (non-hydrogen) atoms. The van der Waals surface area contributed by atoms with Gasteiger partial charge in [-0.15, -0.1) is 0 Å². The number of Topliss-reactive ketones (excluding diaryl/α,β-unsaturated/α-hetero) is 1. The first-order valence-electron chi connectivity index (χ1n) is 8.93. The molecular formula is C23H19BrClNO. The van der Waals surface area contributed by atoms with Crippen molar-refractivity contribution in [2.24, 2.45) is 5.41 Å². The van der Waals surface area contributed by atoms with Gasteiger partial charge in [0.05, 0.1) is 5.02 Å². The Labute approximate surface area is 172 Å². The topological polar surface area (TPSA) is 30.0 Å². The predicted octanol–water partition coefficient (Wildman–Crippen LogP) is 6.54. The standard InChI is InChI=1S/C23H19BrClNO/c1-23(10-15-2-6-19(24)7-3-15)11-17-5-4-16(9-21(17)22(27)12-23)18-8-20(25)14-26-13-18/h2-9,13-14H,10-12H2,1H3. The number of halogens is 2. The number of hydrogen-bond donors (Lipinski definition) is 0. The lowest BCUT2D eigenvalue weighted by molar-refractivity contribution is 0.0899. The molecule has 0 aliphatic heterocycles. The molecule has 136 valence electrons. The quantitative estimate of drug-likeness (QED) is 0.462. The van der Waals surface area contributed by atoms with Crippen LogP contribution >= 0.6 is 27.5 Å². The van der Waals surface area contributed by atoms with Crippen LogP contribution in [0.15, 0.2) is 65.4 Å². The highest BCUT2D eigenvalue weighted by Gasteiger charge is 2.35. The molecular weight excluding hydrogens is 422 g/mol. The molecule has 1 heterocycles. The van der Waals surface area contributed by atoms with Gasteiger partial charge in [-0.25, -0.2) is 0 Å². The van der Waals surface area contributed by atoms with Crippen LogP contribution in [0, 0.1) is 5.41 Å². The van der Waals surface area contributed by atoms with E-state index in [2.05, 4.69) is 64.2 Å². The van der Waals surface area contributed by atoms with Gasteiger partial charge in [0.15, 0.2) is 5.78 Å². The molecule has 1 aliphatic rings. The van der Waals surface area contributed by atoms with E-state index < -0.39 is 0 Å². The second-order valence-corrected chi connectivity index (χ2v) is 9.01. The Morgan fingerprint density at radius 3 is 2.56 bits per heavy atom. The van der Waals surface area contributed by atoms with Gasteiger partial charge in [0.25, 0.3) is 0 Å². The molecule has 1 unspecified atom stereocenters. The fraction of sp³-hybridized carbons (Fsp3) is 0.217. The van der Waals surface area contributed by atoms with Crippen molar-refractivity contribution >= 4 is 33.3 Å². The lowest BCUT2D eigenvalue weighted by atomic mass is 9.69. The van der Waals surface area contributed by atoms with Crippen LogP contribution in [-0.2, 0) is 12.8 Å². The van der Waals surface area contributed by atoms with Crippen LogP contribution in [0.4, 0.5) is 0 Å². The monoisotopic (exact) mass is 439 g/mol. The van der Waals surface area contributed by atoms with Crippen molar-refractivity contribution in [3.63, 3.8) is 0 Å². The van der Waals surface area contributed by atoms with Crippen LogP contribution < -0.4 is 0 Å². The van der Waals surface area contributed by atoms with E-state index in [0.717, 1.165) is 39.6 Å². The first kappa shape index (κ1) is 18.4. The van der Waals surface area contributed by atoms with Crippen LogP contribution in [-0.4, -0.2) is 10.8 Å². The van der Waals surface area contributed by atoms with Gasteiger partial charge >= 0.3 is 0 Å². The Balaban J connectivity index is 1.63. The number of fused-ring (bicyclic) bond motifs is 1. The number of benzene rings is 2. The number of carbonyl (C=O) groups excluding carboxylic acids is 1. The zero-order chi connectivity index (χ0) is 19.0. The third-order valence-electron chi connectivity index (χ3n) is 5.20. The summed E-state index contributed by atoms with van der Waals surface area (Å²) in [5, 5.41) is 0.596. The maximum absolute atomic E-state index is 12.9. The van der Waals surface area contributed by atoms with Crippen LogP contribution in [0.5, 0.6) is 0 Å². The van der Waals surface area contributed by atoms with Gasteiger partial charge < -0.3 is 0 Å². The summed E-state index contributed by atoms with van der Waals surface area (Å²) < 4.78 is 1.07. The van der Waals surface area contributed by atoms with Gasteiger partial charge in [-0.3, -0.25) is 9.78 Å². The van der Waals surface area contributed by atoms with Crippen molar-refractivity contribution < 1.29 is 4.79 Å². The lowest BCUT2D eigenvalue weighted by Crippen LogP contribution is -2.31. The molecule has 1 aromatic heterocycles. The summed E-state index contributed by atoms with van der Waals surface area (Å²) >= 11 is 9.54. The van der Waals surface area contributed by atoms with Crippen molar-refractivity contribution in [2.75, 3.05) is 0 Å². The Kier molecular flexibility index (Phi) is 4.92. The number of hydrogen-bond acceptors (Lipinski definition) is 2. The maximum atomic E-state index is 12.9. The van der Waals surface area contributed by atoms with Crippen LogP contribution in [0.3, 0.4) is 0 Å². The maximum Gasteiger partial charge on any atom is 0.163 e. The van der Waals surface area contributed by atoms with E-state index in [-0.39, 0.29) is 11.2 Å². The van der Waals surface area contributed by atoms with Gasteiger partial charge in [0.2, 0.25) is 0 Å². The minimum Gasteiger partial charge on any atom is -0.294 e. The fourth-order valence-corrected chi connectivity index (χ4v) is 4.40. The fourth-order valence-electron chi connectivity index (χ4n) is 3.96. The summed E-state index contributed by atoms with van der Waals surface area (Å²) in [6.45, 7) is 2.21. The summed E-state index contributed by atoms with van der Waals surface area (Å²) in [5.41, 5.74) is 5.08. The molecule has 0 bridgehead atoms. The van der Waals surface area contributed by atoms with Gasteiger partial charge in [-0.05, 0) is 59.2 Å². The summed E-state index contributed by atoms with van der Waals surface area (Å²) in [5.74, 6) is 0.215. The van der Waals surface area contributed by atoms with Gasteiger partial charge in [-0.1, -0.05) is 58.7 Å². The SMILES string of the molecule is CC1(Cc2ccc(Br)cc2)CC(=O)c2cc(-c3cncc(Cl)c3)ccc2C1. The predicted molar refractivity (Wildman–Crippen MR) is 113 cm³/mol. The molecule has 2 aromatic carbocycles. The summed E-state index contributed by atoms with van der Waals surface area (Å²) in [6, 6.07) is 16.4. The van der Waals surface area contributed by atoms with Crippen LogP contribution in [0.1, 0.15) is 34.8 Å². The molecule has 2 nitrogen and oxygen atoms in total. The normalized spacial score (nSPS) is 19.0. The van der Waals surface area contributed by atoms with E-state index in [4.69, 9.17) is 11.6 Å². The number of carbonyl (C=O) groups is 1. The Morgan fingerprint density at radius 2 is 1.81 bits per heavy atom. The second kappa shape index (κ2) is 7.21. The first-order valence-corrected chi connectivity index (χ1v) is 10.1. The summed E-state index contributed by atoms with van der Waals surface area (Å²) in [7, 11) is 0. The third-order valence-corrected chi connectivity index (χ3v) is 5.93. The van der Waals surface area contributed by atoms with E-state index >= 15 is 0 Å². The average Bonchev–Trinajstić information content (AvgIpc) is 2.63. The molecule has 1 atom stereocenters. The van der Waals surface area contributed by atoms with Crippen LogP contribution in [0.2, 0.25) is 5.02 Å². The van der Waals surface area contributed by atoms with Gasteiger partial charge in [0, 0.05) is 34.4 Å². The Morgan fingerprint density at radius 1 is 1.04 bits per heavy atom. The van der Waals surface area contributed by atoms with E-state index in [0.29, 0.717) is 11.4 Å². The minimum absolute atomic E-state index is 0.0585. The largest absolute Gasteiger partial charge is 0.294 e. The number of pyridine rings is 1. The van der Waals surface area contributed by atoms with Crippen LogP contribution in [0.25, 0.3) is 11.1 Å². The van der Waals surface area contributed by atoms with Crippen molar-refractivity contribution in [3.05, 3.63) is 87.1 Å². The van der Waals surface area contributed by atoms with Crippen molar-refractivity contribution in [1.29, 1.82) is 0 Å². The number of ketones is 1. The third kappa shape index (κ3) is 3.99. The highest BCUT2D eigenvalue weighted by molar-refractivity contribution is 9.10. The van der Waals surface area contributed by atoms with E-state index in [9.17, 15) is 4.79 Å². The molecule has 0 radical (unpaired) electrons. The molecule has 4 rings (SSSR count). The molecule has 3 aromatic rings. The molecule has 0 amide bonds. The highest BCUT2D eigenvalue weighted by atomic mass is 79.9. The summed E-state index contributed by atoms with van der Waals surface area (Å²) in [4.78, 5) is 17.1. The smallest absolute Gasteiger partial charge is 0.163 e. The molecule has 0 N–H and O–H groups in total. The lowest BCUT2D eigenvalue weighted by Gasteiger charge is -2.34. The molecule has 0 saturated heterocycles. The minimum atomic E-state index is -0.0585. The number of rotatable bonds is 3. The summed E-state index contributed by atoms with van der Waals surface area (Å²) in [6.07, 6.45) is 5.75.